The van der Waals surface area contributed by atoms with Crippen molar-refractivity contribution in [3.63, 3.8) is 0 Å². The molecule has 0 bridgehead atoms. The largest absolute Gasteiger partial charge is 0.472 e. The van der Waals surface area contributed by atoms with E-state index in [9.17, 15) is 43.2 Å². The molecule has 3 N–H and O–H groups in total. The summed E-state index contributed by atoms with van der Waals surface area (Å²) in [5.41, 5.74) is 0. The third-order valence-corrected chi connectivity index (χ3v) is 18.3. The van der Waals surface area contributed by atoms with Crippen LogP contribution < -0.4 is 0 Å². The zero-order chi connectivity index (χ0) is 78.9. The van der Waals surface area contributed by atoms with Crippen LogP contribution in [0.25, 0.3) is 0 Å². The second-order valence-electron chi connectivity index (χ2n) is 26.6. The Kier molecular flexibility index (Phi) is 75.0. The summed E-state index contributed by atoms with van der Waals surface area (Å²) in [6.07, 6.45) is 96.1. The predicted molar refractivity (Wildman–Crippen MR) is 445 cm³/mol. The van der Waals surface area contributed by atoms with Crippen LogP contribution in [0.15, 0.2) is 182 Å². The molecule has 0 aliphatic carbocycles. The number of carbonyl (C=O) groups is 4. The van der Waals surface area contributed by atoms with E-state index < -0.39 is 97.5 Å². The van der Waals surface area contributed by atoms with Gasteiger partial charge in [0.2, 0.25) is 0 Å². The van der Waals surface area contributed by atoms with Crippen molar-refractivity contribution < 1.29 is 80.2 Å². The predicted octanol–water partition coefficient (Wildman–Crippen LogP) is 24.3. The molecule has 19 heteroatoms. The van der Waals surface area contributed by atoms with Crippen LogP contribution in [0.5, 0.6) is 0 Å². The second-order valence-corrected chi connectivity index (χ2v) is 29.5. The lowest BCUT2D eigenvalue weighted by Crippen LogP contribution is -2.30. The maximum Gasteiger partial charge on any atom is 0.472 e. The molecule has 0 aromatic heterocycles. The van der Waals surface area contributed by atoms with Crippen molar-refractivity contribution in [3.8, 4) is 0 Å². The normalized spacial score (nSPS) is 14.8. The zero-order valence-electron chi connectivity index (χ0n) is 66.9. The van der Waals surface area contributed by atoms with Crippen LogP contribution in [0.4, 0.5) is 0 Å². The molecule has 0 amide bonds. The first-order valence-corrected chi connectivity index (χ1v) is 44.0. The SMILES string of the molecule is CC/C=C\C/C=C\C/C=C\C/C=C\C/C=C\C/C=C\CCC(=O)OC[C@H](COP(=O)(O)OC[C@@H](O)COP(=O)(O)OC[C@@H](COC(=O)CCCCCCC/C=C\C/C=C\CCCCC)OC(=O)CC/C=C\C/C=C\C/C=C\C/C=C\C/C=C\C/C=C\CC)OC(=O)CCCCCCC/C=C\CCCCCCCC. The Labute approximate surface area is 654 Å². The summed E-state index contributed by atoms with van der Waals surface area (Å²) >= 11 is 0. The molecule has 0 radical (unpaired) electrons. The standard InChI is InChI=1S/C89H144O17P2/c1-5-9-13-17-21-25-29-33-37-39-41-43-47-50-54-58-62-66-70-74-87(92)100-80-84(105-88(93)75-71-67-63-59-55-51-46-36-32-28-24-20-16-12-8-4)81-103-107(95,96)101-77-83(90)78-102-108(97,98)104-82-85(79-99-86(91)73-69-65-61-57-53-49-45-35-31-27-23-19-15-11-7-3)106-89(94)76-72-68-64-60-56-52-48-44-42-40-38-34-30-26-22-18-14-10-6-2/h9-10,13-14,21-23,25-27,33-38,41-46,50,52,54,56,62,64,66,68,83-85,90H,5-8,11-12,15-20,24,28-32,39-40,47-49,51,53,55,57-61,63,65,67,69-82H2,1-4H3,(H,95,96)(H,97,98)/b13-9-,14-10-,25-21-,26-22-,27-23-,37-33-,38-34-,43-41-,44-42-,45-35-,46-36-,54-50-,56-52-,66-62-,68-64-/t83-,84-,85-/m1/s1. The lowest BCUT2D eigenvalue weighted by molar-refractivity contribution is -0.161. The summed E-state index contributed by atoms with van der Waals surface area (Å²) in [6.45, 7) is 4.41. The maximum absolute atomic E-state index is 13.1. The fraction of sp³-hybridized carbons (Fsp3) is 0.618. The van der Waals surface area contributed by atoms with E-state index in [1.165, 1.54) is 57.8 Å². The number of ether oxygens (including phenoxy) is 4. The molecule has 0 aliphatic rings. The minimum atomic E-state index is -5.02. The first-order chi connectivity index (χ1) is 52.7. The summed E-state index contributed by atoms with van der Waals surface area (Å²) in [6, 6.07) is 0. The molecule has 5 atom stereocenters. The van der Waals surface area contributed by atoms with Crippen molar-refractivity contribution in [1.82, 2.24) is 0 Å². The average Bonchev–Trinajstić information content (AvgIpc) is 0.914. The van der Waals surface area contributed by atoms with E-state index in [0.717, 1.165) is 148 Å². The quantitative estimate of drug-likeness (QED) is 0.0169. The van der Waals surface area contributed by atoms with E-state index in [0.29, 0.717) is 38.5 Å². The number of hydrogen-bond acceptors (Lipinski definition) is 15. The number of allylic oxidation sites excluding steroid dienone is 30. The molecule has 612 valence electrons. The summed E-state index contributed by atoms with van der Waals surface area (Å²) in [4.78, 5) is 73.1. The van der Waals surface area contributed by atoms with Gasteiger partial charge in [-0.3, -0.25) is 37.3 Å². The number of hydrogen-bond donors (Lipinski definition) is 3. The second kappa shape index (κ2) is 79.3. The lowest BCUT2D eigenvalue weighted by atomic mass is 10.1. The number of rotatable bonds is 75. The third kappa shape index (κ3) is 78.3. The minimum absolute atomic E-state index is 0.0269. The maximum atomic E-state index is 13.1. The third-order valence-electron chi connectivity index (χ3n) is 16.4. The fourth-order valence-electron chi connectivity index (χ4n) is 10.2. The van der Waals surface area contributed by atoms with E-state index >= 15 is 0 Å². The van der Waals surface area contributed by atoms with E-state index in [1.807, 2.05) is 36.5 Å². The topological polar surface area (TPSA) is 237 Å². The first-order valence-electron chi connectivity index (χ1n) is 41.0. The molecular weight excluding hydrogens is 1400 g/mol. The van der Waals surface area contributed by atoms with Crippen LogP contribution in [0.3, 0.4) is 0 Å². The molecule has 0 saturated heterocycles. The Bertz CT molecular complexity index is 2760. The molecule has 0 heterocycles. The number of unbranched alkanes of at least 4 members (excludes halogenated alkanes) is 19. The van der Waals surface area contributed by atoms with Gasteiger partial charge in [0.15, 0.2) is 12.2 Å². The lowest BCUT2D eigenvalue weighted by Gasteiger charge is -2.21. The van der Waals surface area contributed by atoms with Gasteiger partial charge >= 0.3 is 39.5 Å². The highest BCUT2D eigenvalue weighted by Crippen LogP contribution is 2.45. The van der Waals surface area contributed by atoms with E-state index in [2.05, 4.69) is 174 Å². The number of aliphatic hydroxyl groups is 1. The number of phosphoric ester groups is 2. The van der Waals surface area contributed by atoms with Gasteiger partial charge in [0.25, 0.3) is 0 Å². The van der Waals surface area contributed by atoms with Crippen LogP contribution in [0, 0.1) is 0 Å². The first kappa shape index (κ1) is 102. The van der Waals surface area contributed by atoms with Gasteiger partial charge in [-0.25, -0.2) is 9.13 Å². The van der Waals surface area contributed by atoms with Gasteiger partial charge < -0.3 is 33.8 Å². The van der Waals surface area contributed by atoms with E-state index in [-0.39, 0.29) is 25.7 Å². The average molecular weight is 1550 g/mol. The number of phosphoric acid groups is 2. The Hall–Kier alpha value is -5.84. The number of aliphatic hydroxyl groups excluding tert-OH is 1. The highest BCUT2D eigenvalue weighted by Gasteiger charge is 2.30. The van der Waals surface area contributed by atoms with Crippen LogP contribution in [0.1, 0.15) is 297 Å². The van der Waals surface area contributed by atoms with Gasteiger partial charge in [0.1, 0.15) is 19.3 Å². The summed E-state index contributed by atoms with van der Waals surface area (Å²) in [7, 11) is -10.0. The highest BCUT2D eigenvalue weighted by atomic mass is 31.2. The summed E-state index contributed by atoms with van der Waals surface area (Å²) in [5, 5.41) is 10.7. The smallest absolute Gasteiger partial charge is 0.462 e. The van der Waals surface area contributed by atoms with Crippen molar-refractivity contribution in [3.05, 3.63) is 182 Å². The van der Waals surface area contributed by atoms with Crippen molar-refractivity contribution in [1.29, 1.82) is 0 Å². The highest BCUT2D eigenvalue weighted by molar-refractivity contribution is 7.47. The van der Waals surface area contributed by atoms with Gasteiger partial charge in [0, 0.05) is 25.7 Å². The van der Waals surface area contributed by atoms with E-state index in [4.69, 9.17) is 37.0 Å². The molecule has 0 fully saturated rings. The Balaban J connectivity index is 5.54. The Morgan fingerprint density at radius 2 is 0.500 bits per heavy atom. The monoisotopic (exact) mass is 1550 g/mol. The minimum Gasteiger partial charge on any atom is -0.462 e. The van der Waals surface area contributed by atoms with Gasteiger partial charge in [-0.05, 0) is 161 Å². The van der Waals surface area contributed by atoms with Crippen LogP contribution in [-0.4, -0.2) is 96.7 Å². The number of esters is 4. The van der Waals surface area contributed by atoms with Gasteiger partial charge in [-0.15, -0.1) is 0 Å². The van der Waals surface area contributed by atoms with Gasteiger partial charge in [0.05, 0.1) is 26.4 Å². The van der Waals surface area contributed by atoms with Crippen LogP contribution in [0.2, 0.25) is 0 Å². The molecule has 0 rings (SSSR count). The van der Waals surface area contributed by atoms with Gasteiger partial charge in [-0.2, -0.15) is 0 Å². The van der Waals surface area contributed by atoms with Crippen molar-refractivity contribution in [2.75, 3.05) is 39.6 Å². The Morgan fingerprint density at radius 3 is 0.843 bits per heavy atom. The zero-order valence-corrected chi connectivity index (χ0v) is 68.7. The Morgan fingerprint density at radius 1 is 0.269 bits per heavy atom. The molecule has 2 unspecified atom stereocenters. The van der Waals surface area contributed by atoms with Crippen molar-refractivity contribution >= 4 is 39.5 Å². The van der Waals surface area contributed by atoms with Gasteiger partial charge in [-0.1, -0.05) is 293 Å². The fourth-order valence-corrected chi connectivity index (χ4v) is 11.8. The molecule has 0 aliphatic heterocycles. The van der Waals surface area contributed by atoms with Crippen LogP contribution in [-0.2, 0) is 65.4 Å². The summed E-state index contributed by atoms with van der Waals surface area (Å²) < 4.78 is 68.5. The molecule has 0 aromatic carbocycles. The van der Waals surface area contributed by atoms with E-state index in [1.54, 1.807) is 0 Å². The molecule has 0 spiro atoms. The van der Waals surface area contributed by atoms with Crippen LogP contribution >= 0.6 is 15.6 Å². The molecular formula is C89H144O17P2. The van der Waals surface area contributed by atoms with Crippen molar-refractivity contribution in [2.45, 2.75) is 316 Å². The molecule has 17 nitrogen and oxygen atoms in total. The molecule has 0 aromatic rings. The molecule has 0 saturated carbocycles. The number of carbonyl (C=O) groups excluding carboxylic acids is 4. The summed E-state index contributed by atoms with van der Waals surface area (Å²) in [5.74, 6) is -2.41. The molecule has 108 heavy (non-hydrogen) atoms. The van der Waals surface area contributed by atoms with Crippen molar-refractivity contribution in [2.24, 2.45) is 0 Å².